The largest absolute Gasteiger partial charge is 0.355 e. The van der Waals surface area contributed by atoms with Gasteiger partial charge in [-0.2, -0.15) is 0 Å². The molecule has 2 amide bonds. The zero-order chi connectivity index (χ0) is 18.4. The van der Waals surface area contributed by atoms with Gasteiger partial charge in [-0.25, -0.2) is 4.98 Å². The summed E-state index contributed by atoms with van der Waals surface area (Å²) in [6.45, 7) is 11.9. The molecule has 1 aromatic rings. The van der Waals surface area contributed by atoms with Gasteiger partial charge in [0.15, 0.2) is 0 Å². The second kappa shape index (κ2) is 9.20. The lowest BCUT2D eigenvalue weighted by Gasteiger charge is -2.29. The normalized spacial score (nSPS) is 14.0. The zero-order valence-electron chi connectivity index (χ0n) is 15.6. The molecule has 1 aromatic heterocycles. The molecule has 0 saturated heterocycles. The van der Waals surface area contributed by atoms with Crippen molar-refractivity contribution in [3.05, 3.63) is 17.3 Å². The van der Waals surface area contributed by atoms with Crippen molar-refractivity contribution in [2.24, 2.45) is 0 Å². The SMILES string of the molecule is CCN(CC)CCCNC(=O)CN1C(=O)CSc2nc(C)cc(C)c21. The lowest BCUT2D eigenvalue weighted by molar-refractivity contribution is -0.123. The first-order valence-corrected chi connectivity index (χ1v) is 9.85. The molecule has 0 atom stereocenters. The monoisotopic (exact) mass is 364 g/mol. The Morgan fingerprint density at radius 1 is 1.36 bits per heavy atom. The fraction of sp³-hybridized carbons (Fsp3) is 0.611. The Kier molecular flexibility index (Phi) is 7.25. The average Bonchev–Trinajstić information content (AvgIpc) is 2.57. The van der Waals surface area contributed by atoms with Crippen molar-refractivity contribution in [3.63, 3.8) is 0 Å². The van der Waals surface area contributed by atoms with Gasteiger partial charge >= 0.3 is 0 Å². The standard InChI is InChI=1S/C18H28N4O2S/c1-5-21(6-2)9-7-8-19-15(23)11-22-16(24)12-25-18-17(22)13(3)10-14(4)20-18/h10H,5-9,11-12H2,1-4H3,(H,19,23). The summed E-state index contributed by atoms with van der Waals surface area (Å²) in [6, 6.07) is 1.95. The molecule has 1 aliphatic heterocycles. The van der Waals surface area contributed by atoms with E-state index in [0.717, 1.165) is 48.0 Å². The quantitative estimate of drug-likeness (QED) is 0.715. The van der Waals surface area contributed by atoms with Gasteiger partial charge in [-0.05, 0) is 51.5 Å². The minimum atomic E-state index is -0.120. The smallest absolute Gasteiger partial charge is 0.240 e. The van der Waals surface area contributed by atoms with Gasteiger partial charge in [-0.1, -0.05) is 25.6 Å². The minimum Gasteiger partial charge on any atom is -0.355 e. The highest BCUT2D eigenvalue weighted by molar-refractivity contribution is 8.00. The summed E-state index contributed by atoms with van der Waals surface area (Å²) in [6.07, 6.45) is 0.910. The fourth-order valence-electron chi connectivity index (χ4n) is 2.99. The third kappa shape index (κ3) is 5.19. The van der Waals surface area contributed by atoms with Crippen molar-refractivity contribution in [2.45, 2.75) is 39.1 Å². The number of aryl methyl sites for hydroxylation is 2. The highest BCUT2D eigenvalue weighted by Crippen LogP contribution is 2.36. The van der Waals surface area contributed by atoms with E-state index >= 15 is 0 Å². The summed E-state index contributed by atoms with van der Waals surface area (Å²) in [7, 11) is 0. The molecule has 0 unspecified atom stereocenters. The van der Waals surface area contributed by atoms with E-state index in [0.29, 0.717) is 12.3 Å². The Balaban J connectivity index is 1.94. The van der Waals surface area contributed by atoms with Gasteiger partial charge in [0, 0.05) is 12.2 Å². The van der Waals surface area contributed by atoms with Crippen LogP contribution in [0.4, 0.5) is 5.69 Å². The van der Waals surface area contributed by atoms with Gasteiger partial charge in [0.2, 0.25) is 11.8 Å². The number of hydrogen-bond donors (Lipinski definition) is 1. The first-order chi connectivity index (χ1) is 12.0. The second-order valence-electron chi connectivity index (χ2n) is 6.23. The van der Waals surface area contributed by atoms with Crippen LogP contribution in [0.25, 0.3) is 0 Å². The van der Waals surface area contributed by atoms with Crippen LogP contribution in [0.5, 0.6) is 0 Å². The van der Waals surface area contributed by atoms with Crippen molar-refractivity contribution < 1.29 is 9.59 Å². The molecule has 0 bridgehead atoms. The maximum Gasteiger partial charge on any atom is 0.240 e. The Morgan fingerprint density at radius 2 is 2.08 bits per heavy atom. The summed E-state index contributed by atoms with van der Waals surface area (Å²) in [5.41, 5.74) is 2.70. The van der Waals surface area contributed by atoms with Crippen LogP contribution in [0, 0.1) is 13.8 Å². The summed E-state index contributed by atoms with van der Waals surface area (Å²) in [4.78, 5) is 33.0. The number of hydrogen-bond acceptors (Lipinski definition) is 5. The number of nitrogens with zero attached hydrogens (tertiary/aromatic N) is 3. The number of thioether (sulfide) groups is 1. The van der Waals surface area contributed by atoms with E-state index in [2.05, 4.69) is 29.0 Å². The van der Waals surface area contributed by atoms with Crippen LogP contribution in [-0.2, 0) is 9.59 Å². The van der Waals surface area contributed by atoms with Crippen LogP contribution in [0.1, 0.15) is 31.5 Å². The number of carbonyl (C=O) groups excluding carboxylic acids is 2. The van der Waals surface area contributed by atoms with Crippen molar-refractivity contribution in [1.82, 2.24) is 15.2 Å². The van der Waals surface area contributed by atoms with Crippen molar-refractivity contribution in [3.8, 4) is 0 Å². The summed E-state index contributed by atoms with van der Waals surface area (Å²) in [5.74, 6) is 0.174. The van der Waals surface area contributed by atoms with E-state index in [4.69, 9.17) is 0 Å². The number of amides is 2. The molecule has 1 aliphatic rings. The van der Waals surface area contributed by atoms with E-state index in [1.165, 1.54) is 11.8 Å². The first kappa shape index (κ1) is 19.7. The maximum absolute atomic E-state index is 12.3. The van der Waals surface area contributed by atoms with Gasteiger partial charge in [0.1, 0.15) is 11.6 Å². The second-order valence-corrected chi connectivity index (χ2v) is 7.20. The molecule has 0 saturated carbocycles. The fourth-order valence-corrected chi connectivity index (χ4v) is 4.03. The summed E-state index contributed by atoms with van der Waals surface area (Å²) >= 11 is 1.45. The molecular weight excluding hydrogens is 336 g/mol. The lowest BCUT2D eigenvalue weighted by atomic mass is 10.2. The van der Waals surface area contributed by atoms with E-state index in [1.54, 1.807) is 4.90 Å². The molecular formula is C18H28N4O2S. The van der Waals surface area contributed by atoms with Crippen LogP contribution < -0.4 is 10.2 Å². The molecule has 6 nitrogen and oxygen atoms in total. The predicted octanol–water partition coefficient (Wildman–Crippen LogP) is 1.99. The number of nitrogens with one attached hydrogen (secondary N) is 1. The number of pyridine rings is 1. The van der Waals surface area contributed by atoms with E-state index in [9.17, 15) is 9.59 Å². The highest BCUT2D eigenvalue weighted by atomic mass is 32.2. The molecule has 2 heterocycles. The molecule has 0 aliphatic carbocycles. The van der Waals surface area contributed by atoms with Crippen LogP contribution in [0.15, 0.2) is 11.1 Å². The van der Waals surface area contributed by atoms with Gasteiger partial charge < -0.3 is 10.2 Å². The molecule has 0 spiro atoms. The van der Waals surface area contributed by atoms with Gasteiger partial charge in [-0.3, -0.25) is 14.5 Å². The molecule has 25 heavy (non-hydrogen) atoms. The lowest BCUT2D eigenvalue weighted by Crippen LogP contribution is -2.44. The number of rotatable bonds is 8. The van der Waals surface area contributed by atoms with Crippen molar-refractivity contribution in [2.75, 3.05) is 43.4 Å². The molecule has 138 valence electrons. The van der Waals surface area contributed by atoms with Crippen molar-refractivity contribution >= 4 is 29.3 Å². The van der Waals surface area contributed by atoms with E-state index in [1.807, 2.05) is 19.9 Å². The Morgan fingerprint density at radius 3 is 2.76 bits per heavy atom. The Hall–Kier alpha value is -1.60. The van der Waals surface area contributed by atoms with Crippen LogP contribution >= 0.6 is 11.8 Å². The van der Waals surface area contributed by atoms with Crippen LogP contribution in [0.2, 0.25) is 0 Å². The molecule has 0 radical (unpaired) electrons. The van der Waals surface area contributed by atoms with Gasteiger partial charge in [-0.15, -0.1) is 0 Å². The van der Waals surface area contributed by atoms with E-state index in [-0.39, 0.29) is 18.4 Å². The zero-order valence-corrected chi connectivity index (χ0v) is 16.4. The summed E-state index contributed by atoms with van der Waals surface area (Å²) < 4.78 is 0. The van der Waals surface area contributed by atoms with Gasteiger partial charge in [0.25, 0.3) is 0 Å². The maximum atomic E-state index is 12.3. The molecule has 2 rings (SSSR count). The third-order valence-electron chi connectivity index (χ3n) is 4.35. The molecule has 1 N–H and O–H groups in total. The highest BCUT2D eigenvalue weighted by Gasteiger charge is 2.29. The van der Waals surface area contributed by atoms with E-state index < -0.39 is 0 Å². The predicted molar refractivity (Wildman–Crippen MR) is 102 cm³/mol. The van der Waals surface area contributed by atoms with Gasteiger partial charge in [0.05, 0.1) is 11.4 Å². The van der Waals surface area contributed by atoms with Crippen LogP contribution in [-0.4, -0.2) is 60.2 Å². The Bertz CT molecular complexity index is 632. The number of aromatic nitrogens is 1. The minimum absolute atomic E-state index is 0.0375. The first-order valence-electron chi connectivity index (χ1n) is 8.86. The molecule has 7 heteroatoms. The average molecular weight is 365 g/mol. The number of anilines is 1. The van der Waals surface area contributed by atoms with Crippen molar-refractivity contribution in [1.29, 1.82) is 0 Å². The third-order valence-corrected chi connectivity index (χ3v) is 5.30. The number of carbonyl (C=O) groups is 2. The molecule has 0 aromatic carbocycles. The summed E-state index contributed by atoms with van der Waals surface area (Å²) in [5, 5.41) is 3.77. The number of fused-ring (bicyclic) bond motifs is 1. The van der Waals surface area contributed by atoms with Crippen LogP contribution in [0.3, 0.4) is 0 Å². The topological polar surface area (TPSA) is 65.5 Å². The molecule has 0 fully saturated rings. The Labute approximate surface area is 154 Å².